The second kappa shape index (κ2) is 5.30. The van der Waals surface area contributed by atoms with Crippen LogP contribution in [0.2, 0.25) is 0 Å². The second-order valence-corrected chi connectivity index (χ2v) is 5.24. The van der Waals surface area contributed by atoms with Gasteiger partial charge in [0.25, 0.3) is 0 Å². The van der Waals surface area contributed by atoms with Crippen LogP contribution in [0.4, 0.5) is 13.2 Å². The zero-order valence-electron chi connectivity index (χ0n) is 9.34. The van der Waals surface area contributed by atoms with Crippen LogP contribution in [0.1, 0.15) is 16.7 Å². The summed E-state index contributed by atoms with van der Waals surface area (Å²) in [4.78, 5) is 0. The van der Waals surface area contributed by atoms with E-state index in [0.717, 1.165) is 26.8 Å². The molecule has 18 heavy (non-hydrogen) atoms. The maximum Gasteiger partial charge on any atom is 0.416 e. The minimum absolute atomic E-state index is 0.603. The lowest BCUT2D eigenvalue weighted by molar-refractivity contribution is -0.137. The summed E-state index contributed by atoms with van der Waals surface area (Å²) in [5, 5.41) is 0. The number of halogens is 4. The van der Waals surface area contributed by atoms with Crippen LogP contribution >= 0.6 is 22.6 Å². The fourth-order valence-corrected chi connectivity index (χ4v) is 2.01. The average molecular weight is 362 g/mol. The molecule has 0 bridgehead atoms. The first-order valence-electron chi connectivity index (χ1n) is 5.36. The van der Waals surface area contributed by atoms with Crippen molar-refractivity contribution in [1.82, 2.24) is 0 Å². The standard InChI is InChI=1S/C14H10F3I/c15-14(16,17)12-5-1-10(2-6-12)9-11-3-7-13(18)8-4-11/h1-8H,9H2. The van der Waals surface area contributed by atoms with Crippen molar-refractivity contribution < 1.29 is 13.2 Å². The van der Waals surface area contributed by atoms with Crippen LogP contribution in [0.5, 0.6) is 0 Å². The maximum absolute atomic E-state index is 12.4. The molecule has 0 amide bonds. The van der Waals surface area contributed by atoms with E-state index in [0.29, 0.717) is 6.42 Å². The van der Waals surface area contributed by atoms with Crippen molar-refractivity contribution in [3.63, 3.8) is 0 Å². The Labute approximate surface area is 117 Å². The van der Waals surface area contributed by atoms with Gasteiger partial charge in [-0.05, 0) is 64.4 Å². The van der Waals surface area contributed by atoms with Gasteiger partial charge < -0.3 is 0 Å². The lowest BCUT2D eigenvalue weighted by atomic mass is 10.0. The third-order valence-electron chi connectivity index (χ3n) is 2.60. The summed E-state index contributed by atoms with van der Waals surface area (Å²) >= 11 is 2.22. The average Bonchev–Trinajstić information content (AvgIpc) is 2.32. The van der Waals surface area contributed by atoms with E-state index in [9.17, 15) is 13.2 Å². The van der Waals surface area contributed by atoms with Crippen LogP contribution in [0.25, 0.3) is 0 Å². The van der Waals surface area contributed by atoms with Gasteiger partial charge in [-0.3, -0.25) is 0 Å². The molecule has 0 aliphatic heterocycles. The molecule has 0 aromatic heterocycles. The fourth-order valence-electron chi connectivity index (χ4n) is 1.65. The molecule has 94 valence electrons. The van der Waals surface area contributed by atoms with Crippen molar-refractivity contribution >= 4 is 22.6 Å². The molecule has 0 atom stereocenters. The highest BCUT2D eigenvalue weighted by Gasteiger charge is 2.29. The van der Waals surface area contributed by atoms with Crippen molar-refractivity contribution in [2.24, 2.45) is 0 Å². The summed E-state index contributed by atoms with van der Waals surface area (Å²) in [6.45, 7) is 0. The van der Waals surface area contributed by atoms with E-state index in [4.69, 9.17) is 0 Å². The van der Waals surface area contributed by atoms with E-state index in [-0.39, 0.29) is 0 Å². The fraction of sp³-hybridized carbons (Fsp3) is 0.143. The quantitative estimate of drug-likeness (QED) is 0.667. The molecule has 2 aromatic carbocycles. The Bertz CT molecular complexity index is 512. The van der Waals surface area contributed by atoms with Crippen LogP contribution in [-0.2, 0) is 12.6 Å². The minimum Gasteiger partial charge on any atom is -0.166 e. The minimum atomic E-state index is -4.26. The van der Waals surface area contributed by atoms with Gasteiger partial charge in [0.15, 0.2) is 0 Å². The van der Waals surface area contributed by atoms with E-state index in [1.54, 1.807) is 0 Å². The number of benzene rings is 2. The van der Waals surface area contributed by atoms with Crippen molar-refractivity contribution in [3.05, 3.63) is 68.8 Å². The summed E-state index contributed by atoms with van der Waals surface area (Å²) in [6, 6.07) is 13.3. The molecule has 2 rings (SSSR count). The number of hydrogen-bond acceptors (Lipinski definition) is 0. The van der Waals surface area contributed by atoms with Gasteiger partial charge in [-0.15, -0.1) is 0 Å². The van der Waals surface area contributed by atoms with Crippen LogP contribution in [-0.4, -0.2) is 0 Å². The lowest BCUT2D eigenvalue weighted by Gasteiger charge is -2.07. The van der Waals surface area contributed by atoms with E-state index in [1.165, 1.54) is 12.1 Å². The molecule has 0 unspecified atom stereocenters. The molecule has 0 spiro atoms. The molecule has 4 heteroatoms. The summed E-state index contributed by atoms with van der Waals surface area (Å²) < 4.78 is 38.3. The van der Waals surface area contributed by atoms with E-state index < -0.39 is 11.7 Å². The first kappa shape index (κ1) is 13.4. The molecule has 0 heterocycles. The Morgan fingerprint density at radius 3 is 1.67 bits per heavy atom. The monoisotopic (exact) mass is 362 g/mol. The Morgan fingerprint density at radius 2 is 1.22 bits per heavy atom. The Morgan fingerprint density at radius 1 is 0.778 bits per heavy atom. The largest absolute Gasteiger partial charge is 0.416 e. The number of alkyl halides is 3. The Kier molecular flexibility index (Phi) is 3.94. The van der Waals surface area contributed by atoms with Gasteiger partial charge in [-0.2, -0.15) is 13.2 Å². The van der Waals surface area contributed by atoms with Crippen LogP contribution in [0.3, 0.4) is 0 Å². The zero-order valence-corrected chi connectivity index (χ0v) is 11.5. The van der Waals surface area contributed by atoms with Gasteiger partial charge in [-0.1, -0.05) is 24.3 Å². The highest BCUT2D eigenvalue weighted by atomic mass is 127. The van der Waals surface area contributed by atoms with Crippen LogP contribution in [0, 0.1) is 3.57 Å². The normalized spacial score (nSPS) is 11.6. The molecule has 0 radical (unpaired) electrons. The molecule has 0 saturated heterocycles. The van der Waals surface area contributed by atoms with Crippen molar-refractivity contribution in [1.29, 1.82) is 0 Å². The first-order chi connectivity index (χ1) is 8.45. The third-order valence-corrected chi connectivity index (χ3v) is 3.32. The predicted molar refractivity (Wildman–Crippen MR) is 73.4 cm³/mol. The van der Waals surface area contributed by atoms with Crippen molar-refractivity contribution in [3.8, 4) is 0 Å². The topological polar surface area (TPSA) is 0 Å². The van der Waals surface area contributed by atoms with Gasteiger partial charge in [0.05, 0.1) is 5.56 Å². The van der Waals surface area contributed by atoms with Crippen LogP contribution < -0.4 is 0 Å². The van der Waals surface area contributed by atoms with E-state index >= 15 is 0 Å². The molecule has 2 aromatic rings. The molecule has 0 aliphatic rings. The first-order valence-corrected chi connectivity index (χ1v) is 6.43. The zero-order chi connectivity index (χ0) is 13.2. The van der Waals surface area contributed by atoms with Gasteiger partial charge in [0, 0.05) is 3.57 Å². The smallest absolute Gasteiger partial charge is 0.166 e. The van der Waals surface area contributed by atoms with Gasteiger partial charge in [0.1, 0.15) is 0 Å². The van der Waals surface area contributed by atoms with Crippen molar-refractivity contribution in [2.45, 2.75) is 12.6 Å². The Balaban J connectivity index is 2.13. The van der Waals surface area contributed by atoms with E-state index in [1.807, 2.05) is 24.3 Å². The lowest BCUT2D eigenvalue weighted by Crippen LogP contribution is -2.04. The maximum atomic E-state index is 12.4. The summed E-state index contributed by atoms with van der Waals surface area (Å²) in [6.07, 6.45) is -3.61. The Hall–Kier alpha value is -1.04. The third kappa shape index (κ3) is 3.48. The number of hydrogen-bond donors (Lipinski definition) is 0. The molecule has 0 aliphatic carbocycles. The molecule has 0 nitrogen and oxygen atoms in total. The molecule has 0 N–H and O–H groups in total. The predicted octanol–water partition coefficient (Wildman–Crippen LogP) is 4.90. The van der Waals surface area contributed by atoms with Crippen LogP contribution in [0.15, 0.2) is 48.5 Å². The van der Waals surface area contributed by atoms with Gasteiger partial charge >= 0.3 is 6.18 Å². The van der Waals surface area contributed by atoms with Gasteiger partial charge in [0.2, 0.25) is 0 Å². The second-order valence-electron chi connectivity index (χ2n) is 4.00. The highest BCUT2D eigenvalue weighted by Crippen LogP contribution is 2.29. The summed E-state index contributed by atoms with van der Waals surface area (Å²) in [5.74, 6) is 0. The van der Waals surface area contributed by atoms with E-state index in [2.05, 4.69) is 22.6 Å². The molecule has 0 saturated carbocycles. The van der Waals surface area contributed by atoms with Gasteiger partial charge in [-0.25, -0.2) is 0 Å². The molecular formula is C14H10F3I. The SMILES string of the molecule is FC(F)(F)c1ccc(Cc2ccc(I)cc2)cc1. The molecular weight excluding hydrogens is 352 g/mol. The summed E-state index contributed by atoms with van der Waals surface area (Å²) in [5.41, 5.74) is 1.37. The highest BCUT2D eigenvalue weighted by molar-refractivity contribution is 14.1. The number of rotatable bonds is 2. The van der Waals surface area contributed by atoms with Crippen molar-refractivity contribution in [2.75, 3.05) is 0 Å². The molecule has 0 fully saturated rings. The summed E-state index contributed by atoms with van der Waals surface area (Å²) in [7, 11) is 0.